The summed E-state index contributed by atoms with van der Waals surface area (Å²) < 4.78 is 2.58. The van der Waals surface area contributed by atoms with Gasteiger partial charge in [-0.05, 0) is 71.5 Å². The van der Waals surface area contributed by atoms with Crippen molar-refractivity contribution in [3.8, 4) is 11.5 Å². The number of fused-ring (bicyclic) bond motifs is 1. The summed E-state index contributed by atoms with van der Waals surface area (Å²) in [4.78, 5) is 25.1. The van der Waals surface area contributed by atoms with Gasteiger partial charge in [-0.3, -0.25) is 9.78 Å². The molecule has 0 radical (unpaired) electrons. The average Bonchev–Trinajstić information content (AvgIpc) is 3.07. The summed E-state index contributed by atoms with van der Waals surface area (Å²) in [6.07, 6.45) is 6.95. The lowest BCUT2D eigenvalue weighted by molar-refractivity contribution is 0.167. The third-order valence-electron chi connectivity index (χ3n) is 6.23. The predicted molar refractivity (Wildman–Crippen MR) is 118 cm³/mol. The number of pyridine rings is 1. The summed E-state index contributed by atoms with van der Waals surface area (Å²) >= 11 is 3.51. The molecule has 0 aromatic carbocycles. The molecule has 1 saturated carbocycles. The number of hydrogen-bond acceptors (Lipinski definition) is 4. The third-order valence-corrected chi connectivity index (χ3v) is 6.87. The molecule has 1 aliphatic rings. The van der Waals surface area contributed by atoms with Crippen molar-refractivity contribution in [1.82, 2.24) is 24.6 Å². The summed E-state index contributed by atoms with van der Waals surface area (Å²) in [6, 6.07) is 3.74. The van der Waals surface area contributed by atoms with Gasteiger partial charge < -0.3 is 4.98 Å². The van der Waals surface area contributed by atoms with Crippen molar-refractivity contribution in [1.29, 1.82) is 0 Å². The SMILES string of the molecule is CCc1nc([C@H]2CC[C@@H](C(C)(C)C)CC2)n2nc(-c3ncccc3Br)[nH]c(=O)c12. The molecule has 3 aromatic heterocycles. The van der Waals surface area contributed by atoms with E-state index in [2.05, 4.69) is 46.7 Å². The van der Waals surface area contributed by atoms with E-state index in [0.717, 1.165) is 34.8 Å². The van der Waals surface area contributed by atoms with Crippen molar-refractivity contribution in [3.05, 3.63) is 44.7 Å². The minimum atomic E-state index is -0.161. The van der Waals surface area contributed by atoms with Crippen molar-refractivity contribution >= 4 is 21.4 Å². The Morgan fingerprint density at radius 1 is 1.24 bits per heavy atom. The minimum absolute atomic E-state index is 0.161. The molecule has 3 heterocycles. The lowest BCUT2D eigenvalue weighted by Gasteiger charge is -2.36. The monoisotopic (exact) mass is 457 g/mol. The van der Waals surface area contributed by atoms with E-state index in [1.165, 1.54) is 12.8 Å². The van der Waals surface area contributed by atoms with E-state index < -0.39 is 0 Å². The van der Waals surface area contributed by atoms with Gasteiger partial charge in [0.15, 0.2) is 11.3 Å². The van der Waals surface area contributed by atoms with Gasteiger partial charge in [0, 0.05) is 16.6 Å². The lowest BCUT2D eigenvalue weighted by Crippen LogP contribution is -2.26. The number of H-pyrrole nitrogens is 1. The average molecular weight is 458 g/mol. The number of rotatable bonds is 3. The van der Waals surface area contributed by atoms with Crippen LogP contribution in [0.1, 0.15) is 70.8 Å². The maximum absolute atomic E-state index is 12.9. The van der Waals surface area contributed by atoms with Crippen LogP contribution in [-0.2, 0) is 6.42 Å². The number of hydrogen-bond donors (Lipinski definition) is 1. The highest BCUT2D eigenvalue weighted by Gasteiger charge is 2.32. The molecule has 3 aromatic rings. The zero-order valence-corrected chi connectivity index (χ0v) is 19.1. The van der Waals surface area contributed by atoms with Gasteiger partial charge in [0.25, 0.3) is 5.56 Å². The van der Waals surface area contributed by atoms with Gasteiger partial charge in [-0.2, -0.15) is 0 Å². The number of aryl methyl sites for hydroxylation is 1. The number of aromatic amines is 1. The molecule has 6 nitrogen and oxygen atoms in total. The second-order valence-corrected chi connectivity index (χ2v) is 9.94. The number of nitrogens with one attached hydrogen (secondary N) is 1. The summed E-state index contributed by atoms with van der Waals surface area (Å²) in [5.41, 5.74) is 2.18. The van der Waals surface area contributed by atoms with E-state index in [1.807, 2.05) is 19.1 Å². The van der Waals surface area contributed by atoms with Gasteiger partial charge in [-0.1, -0.05) is 27.7 Å². The number of nitrogens with zero attached hydrogens (tertiary/aromatic N) is 4. The van der Waals surface area contributed by atoms with Crippen LogP contribution in [0, 0.1) is 11.3 Å². The molecule has 0 amide bonds. The molecule has 29 heavy (non-hydrogen) atoms. The molecule has 0 aliphatic heterocycles. The van der Waals surface area contributed by atoms with Gasteiger partial charge in [0.1, 0.15) is 11.5 Å². The highest BCUT2D eigenvalue weighted by Crippen LogP contribution is 2.43. The smallest absolute Gasteiger partial charge is 0.277 e. The maximum atomic E-state index is 12.9. The predicted octanol–water partition coefficient (Wildman–Crippen LogP) is 5.12. The van der Waals surface area contributed by atoms with Gasteiger partial charge in [-0.25, -0.2) is 9.50 Å². The summed E-state index contributed by atoms with van der Waals surface area (Å²) in [6.45, 7) is 9.02. The van der Waals surface area contributed by atoms with Crippen molar-refractivity contribution < 1.29 is 0 Å². The van der Waals surface area contributed by atoms with E-state index >= 15 is 0 Å². The Morgan fingerprint density at radius 2 is 1.97 bits per heavy atom. The van der Waals surface area contributed by atoms with Crippen molar-refractivity contribution in [2.45, 2.75) is 65.7 Å². The fraction of sp³-hybridized carbons (Fsp3) is 0.545. The first-order valence-electron chi connectivity index (χ1n) is 10.4. The Balaban J connectivity index is 1.79. The largest absolute Gasteiger partial charge is 0.302 e. The Morgan fingerprint density at radius 3 is 2.59 bits per heavy atom. The standard InChI is InChI=1S/C22H28BrN5O/c1-5-16-18-21(29)26-19(17-15(23)7-6-12-24-17)27-28(18)20(25-16)13-8-10-14(11-9-13)22(2,3)4/h6-7,12-14H,5,8-11H2,1-4H3,(H,26,27,29)/t13-,14+. The Bertz CT molecular complexity index is 1090. The topological polar surface area (TPSA) is 75.9 Å². The normalized spacial score (nSPS) is 20.3. The second kappa shape index (κ2) is 7.67. The van der Waals surface area contributed by atoms with E-state index in [9.17, 15) is 4.79 Å². The highest BCUT2D eigenvalue weighted by atomic mass is 79.9. The van der Waals surface area contributed by atoms with Crippen molar-refractivity contribution in [2.24, 2.45) is 11.3 Å². The molecular weight excluding hydrogens is 430 g/mol. The zero-order valence-electron chi connectivity index (χ0n) is 17.5. The first-order chi connectivity index (χ1) is 13.8. The minimum Gasteiger partial charge on any atom is -0.302 e. The van der Waals surface area contributed by atoms with Gasteiger partial charge in [0.05, 0.1) is 5.69 Å². The lowest BCUT2D eigenvalue weighted by atomic mass is 9.70. The van der Waals surface area contributed by atoms with Crippen LogP contribution in [0.15, 0.2) is 27.6 Å². The molecule has 1 N–H and O–H groups in total. The van der Waals surface area contributed by atoms with Crippen LogP contribution in [0.2, 0.25) is 0 Å². The summed E-state index contributed by atoms with van der Waals surface area (Å²) in [5, 5.41) is 4.78. The molecule has 154 valence electrons. The van der Waals surface area contributed by atoms with E-state index in [0.29, 0.717) is 34.8 Å². The first-order valence-corrected chi connectivity index (χ1v) is 11.2. The van der Waals surface area contributed by atoms with Crippen molar-refractivity contribution in [2.75, 3.05) is 0 Å². The van der Waals surface area contributed by atoms with Gasteiger partial charge >= 0.3 is 0 Å². The molecule has 0 saturated heterocycles. The third kappa shape index (κ3) is 3.77. The fourth-order valence-electron chi connectivity index (χ4n) is 4.49. The molecule has 0 atom stereocenters. The molecule has 1 aliphatic carbocycles. The zero-order chi connectivity index (χ0) is 20.8. The molecule has 7 heteroatoms. The number of imidazole rings is 1. The first kappa shape index (κ1) is 20.3. The molecule has 1 fully saturated rings. The van der Waals surface area contributed by atoms with Crippen LogP contribution in [0.4, 0.5) is 0 Å². The Kier molecular flexibility index (Phi) is 5.36. The quantitative estimate of drug-likeness (QED) is 0.591. The van der Waals surface area contributed by atoms with Crippen LogP contribution in [0.25, 0.3) is 17.0 Å². The second-order valence-electron chi connectivity index (χ2n) is 9.08. The summed E-state index contributed by atoms with van der Waals surface area (Å²) in [7, 11) is 0. The summed E-state index contributed by atoms with van der Waals surface area (Å²) in [5.74, 6) is 2.44. The Hall–Kier alpha value is -2.02. The molecular formula is C22H28BrN5O. The van der Waals surface area contributed by atoms with Crippen LogP contribution in [0.5, 0.6) is 0 Å². The van der Waals surface area contributed by atoms with Crippen molar-refractivity contribution in [3.63, 3.8) is 0 Å². The molecule has 0 unspecified atom stereocenters. The van der Waals surface area contributed by atoms with E-state index in [1.54, 1.807) is 10.7 Å². The Labute approximate surface area is 179 Å². The molecule has 4 rings (SSSR count). The fourth-order valence-corrected chi connectivity index (χ4v) is 4.93. The highest BCUT2D eigenvalue weighted by molar-refractivity contribution is 9.10. The molecule has 0 bridgehead atoms. The van der Waals surface area contributed by atoms with Crippen LogP contribution in [-0.4, -0.2) is 24.6 Å². The van der Waals surface area contributed by atoms with Gasteiger partial charge in [-0.15, -0.1) is 5.10 Å². The molecule has 0 spiro atoms. The van der Waals surface area contributed by atoms with E-state index in [4.69, 9.17) is 10.1 Å². The number of halogens is 1. The van der Waals surface area contributed by atoms with E-state index in [-0.39, 0.29) is 5.56 Å². The van der Waals surface area contributed by atoms with Crippen LogP contribution < -0.4 is 5.56 Å². The van der Waals surface area contributed by atoms with Crippen LogP contribution >= 0.6 is 15.9 Å². The number of aromatic nitrogens is 5. The van der Waals surface area contributed by atoms with Crippen LogP contribution in [0.3, 0.4) is 0 Å². The maximum Gasteiger partial charge on any atom is 0.277 e. The van der Waals surface area contributed by atoms with Gasteiger partial charge in [0.2, 0.25) is 0 Å².